The summed E-state index contributed by atoms with van der Waals surface area (Å²) in [7, 11) is 0. The Balaban J connectivity index is 1.29. The van der Waals surface area contributed by atoms with Gasteiger partial charge in [0.25, 0.3) is 0 Å². The zero-order valence-electron chi connectivity index (χ0n) is 18.0. The van der Waals surface area contributed by atoms with E-state index in [2.05, 4.69) is 32.2 Å². The number of halogens is 1. The molecule has 2 atom stereocenters. The summed E-state index contributed by atoms with van der Waals surface area (Å²) in [5, 5.41) is 12.6. The van der Waals surface area contributed by atoms with Crippen LogP contribution in [0.4, 0.5) is 4.39 Å². The van der Waals surface area contributed by atoms with Crippen molar-refractivity contribution in [2.45, 2.75) is 38.6 Å². The highest BCUT2D eigenvalue weighted by molar-refractivity contribution is 5.54. The number of rotatable bonds is 5. The second-order valence-corrected chi connectivity index (χ2v) is 8.29. The van der Waals surface area contributed by atoms with E-state index in [4.69, 9.17) is 8.94 Å². The summed E-state index contributed by atoms with van der Waals surface area (Å²) < 4.78 is 25.1. The second-order valence-electron chi connectivity index (χ2n) is 8.29. The average Bonchev–Trinajstić information content (AvgIpc) is 3.50. The van der Waals surface area contributed by atoms with Crippen LogP contribution in [0.3, 0.4) is 0 Å². The molecule has 2 aromatic carbocycles. The Bertz CT molecular complexity index is 1200. The lowest BCUT2D eigenvalue weighted by Crippen LogP contribution is -2.36. The molecule has 32 heavy (non-hydrogen) atoms. The van der Waals surface area contributed by atoms with E-state index in [1.54, 1.807) is 12.1 Å². The zero-order chi connectivity index (χ0) is 22.1. The van der Waals surface area contributed by atoms with Crippen molar-refractivity contribution >= 4 is 0 Å². The number of likely N-dealkylation sites (tertiary alicyclic amines) is 1. The van der Waals surface area contributed by atoms with Gasteiger partial charge in [-0.15, -0.1) is 10.2 Å². The summed E-state index contributed by atoms with van der Waals surface area (Å²) in [4.78, 5) is 6.84. The van der Waals surface area contributed by atoms with Gasteiger partial charge in [-0.3, -0.25) is 4.90 Å². The molecule has 0 N–H and O–H groups in total. The van der Waals surface area contributed by atoms with Gasteiger partial charge in [0.2, 0.25) is 23.5 Å². The predicted molar refractivity (Wildman–Crippen MR) is 116 cm³/mol. The number of benzene rings is 2. The Hall–Kier alpha value is -3.39. The average molecular weight is 433 g/mol. The standard InChI is InChI=1S/C24H24FN5O2/c1-15-8-10-17(11-9-15)24-28-27-22(31-24)16(2)30-12-4-6-19(14-30)23-26-21(29-32-23)18-5-3-7-20(25)13-18/h3,5,7-11,13,16,19H,4,6,12,14H2,1-2H3. The van der Waals surface area contributed by atoms with Crippen LogP contribution in [-0.4, -0.2) is 38.3 Å². The number of hydrogen-bond donors (Lipinski definition) is 0. The number of aryl methyl sites for hydroxylation is 1. The van der Waals surface area contributed by atoms with Crippen molar-refractivity contribution in [2.24, 2.45) is 0 Å². The molecule has 0 amide bonds. The molecule has 1 saturated heterocycles. The first kappa shape index (κ1) is 20.5. The van der Waals surface area contributed by atoms with Crippen LogP contribution in [0, 0.1) is 12.7 Å². The number of hydrogen-bond acceptors (Lipinski definition) is 7. The van der Waals surface area contributed by atoms with Gasteiger partial charge in [0.1, 0.15) is 5.82 Å². The van der Waals surface area contributed by atoms with E-state index in [1.807, 2.05) is 31.2 Å². The van der Waals surface area contributed by atoms with Crippen molar-refractivity contribution in [2.75, 3.05) is 13.1 Å². The molecular formula is C24H24FN5O2. The van der Waals surface area contributed by atoms with E-state index in [1.165, 1.54) is 17.7 Å². The molecule has 0 radical (unpaired) electrons. The Labute approximate surface area is 185 Å². The van der Waals surface area contributed by atoms with Crippen molar-refractivity contribution in [3.63, 3.8) is 0 Å². The zero-order valence-corrected chi connectivity index (χ0v) is 18.0. The number of aromatic nitrogens is 4. The predicted octanol–water partition coefficient (Wildman–Crippen LogP) is 5.17. The van der Waals surface area contributed by atoms with Gasteiger partial charge in [-0.1, -0.05) is 35.0 Å². The lowest BCUT2D eigenvalue weighted by molar-refractivity contribution is 0.128. The van der Waals surface area contributed by atoms with Crippen molar-refractivity contribution in [1.82, 2.24) is 25.2 Å². The minimum Gasteiger partial charge on any atom is -0.419 e. The van der Waals surface area contributed by atoms with Gasteiger partial charge in [-0.25, -0.2) is 4.39 Å². The fourth-order valence-electron chi connectivity index (χ4n) is 4.08. The SMILES string of the molecule is Cc1ccc(-c2nnc(C(C)N3CCCC(c4nc(-c5cccc(F)c5)no4)C3)o2)cc1. The van der Waals surface area contributed by atoms with Crippen LogP contribution in [0.1, 0.15) is 49.1 Å². The van der Waals surface area contributed by atoms with Crippen LogP contribution in [0.25, 0.3) is 22.8 Å². The van der Waals surface area contributed by atoms with E-state index >= 15 is 0 Å². The van der Waals surface area contributed by atoms with Crippen LogP contribution in [0.15, 0.2) is 57.5 Å². The highest BCUT2D eigenvalue weighted by Gasteiger charge is 2.31. The molecule has 2 unspecified atom stereocenters. The third-order valence-corrected chi connectivity index (χ3v) is 5.97. The van der Waals surface area contributed by atoms with E-state index in [9.17, 15) is 4.39 Å². The van der Waals surface area contributed by atoms with Gasteiger partial charge >= 0.3 is 0 Å². The third-order valence-electron chi connectivity index (χ3n) is 5.97. The highest BCUT2D eigenvalue weighted by atomic mass is 19.1. The molecule has 0 spiro atoms. The fourth-order valence-corrected chi connectivity index (χ4v) is 4.08. The van der Waals surface area contributed by atoms with Crippen molar-refractivity contribution in [3.8, 4) is 22.8 Å². The molecule has 1 fully saturated rings. The topological polar surface area (TPSA) is 81.1 Å². The maximum absolute atomic E-state index is 13.5. The summed E-state index contributed by atoms with van der Waals surface area (Å²) in [6, 6.07) is 14.2. The molecule has 0 saturated carbocycles. The van der Waals surface area contributed by atoms with Crippen LogP contribution in [0.5, 0.6) is 0 Å². The Morgan fingerprint density at radius 3 is 2.75 bits per heavy atom. The first-order valence-electron chi connectivity index (χ1n) is 10.8. The Morgan fingerprint density at radius 1 is 1.09 bits per heavy atom. The molecule has 4 aromatic rings. The summed E-state index contributed by atoms with van der Waals surface area (Å²) >= 11 is 0. The monoisotopic (exact) mass is 433 g/mol. The quantitative estimate of drug-likeness (QED) is 0.429. The van der Waals surface area contributed by atoms with Gasteiger partial charge in [0, 0.05) is 17.7 Å². The van der Waals surface area contributed by atoms with E-state index in [0.717, 1.165) is 31.5 Å². The Morgan fingerprint density at radius 2 is 1.94 bits per heavy atom. The Kier molecular flexibility index (Phi) is 5.53. The third kappa shape index (κ3) is 4.18. The number of piperidine rings is 1. The molecule has 0 bridgehead atoms. The van der Waals surface area contributed by atoms with Crippen LogP contribution >= 0.6 is 0 Å². The first-order chi connectivity index (χ1) is 15.6. The lowest BCUT2D eigenvalue weighted by atomic mass is 9.96. The summed E-state index contributed by atoms with van der Waals surface area (Å²) in [5.74, 6) is 1.87. The van der Waals surface area contributed by atoms with Crippen LogP contribution in [0.2, 0.25) is 0 Å². The molecule has 2 aromatic heterocycles. The van der Waals surface area contributed by atoms with Gasteiger partial charge in [-0.2, -0.15) is 4.98 Å². The normalized spacial score (nSPS) is 18.0. The van der Waals surface area contributed by atoms with E-state index < -0.39 is 0 Å². The van der Waals surface area contributed by atoms with E-state index in [0.29, 0.717) is 29.1 Å². The van der Waals surface area contributed by atoms with E-state index in [-0.39, 0.29) is 17.8 Å². The van der Waals surface area contributed by atoms with Crippen molar-refractivity contribution < 1.29 is 13.3 Å². The van der Waals surface area contributed by atoms with Crippen LogP contribution < -0.4 is 0 Å². The van der Waals surface area contributed by atoms with Crippen molar-refractivity contribution in [1.29, 1.82) is 0 Å². The second kappa shape index (κ2) is 8.63. The van der Waals surface area contributed by atoms with Gasteiger partial charge in [0.15, 0.2) is 0 Å². The maximum atomic E-state index is 13.5. The van der Waals surface area contributed by atoms with Gasteiger partial charge in [0.05, 0.1) is 12.0 Å². The molecule has 8 heteroatoms. The largest absolute Gasteiger partial charge is 0.419 e. The highest BCUT2D eigenvalue weighted by Crippen LogP contribution is 2.32. The summed E-state index contributed by atoms with van der Waals surface area (Å²) in [6.45, 7) is 5.78. The molecule has 0 aliphatic carbocycles. The molecule has 5 rings (SSSR count). The summed E-state index contributed by atoms with van der Waals surface area (Å²) in [5.41, 5.74) is 2.70. The molecule has 7 nitrogen and oxygen atoms in total. The fraction of sp³-hybridized carbons (Fsp3) is 0.333. The molecule has 1 aliphatic heterocycles. The van der Waals surface area contributed by atoms with Gasteiger partial charge < -0.3 is 8.94 Å². The smallest absolute Gasteiger partial charge is 0.247 e. The van der Waals surface area contributed by atoms with Crippen molar-refractivity contribution in [3.05, 3.63) is 71.7 Å². The minimum atomic E-state index is -0.323. The lowest BCUT2D eigenvalue weighted by Gasteiger charge is -2.33. The van der Waals surface area contributed by atoms with Crippen LogP contribution in [-0.2, 0) is 0 Å². The molecule has 164 valence electrons. The maximum Gasteiger partial charge on any atom is 0.247 e. The van der Waals surface area contributed by atoms with Gasteiger partial charge in [-0.05, 0) is 57.5 Å². The number of nitrogens with zero attached hydrogens (tertiary/aromatic N) is 5. The summed E-state index contributed by atoms with van der Waals surface area (Å²) in [6.07, 6.45) is 1.94. The molecule has 3 heterocycles. The minimum absolute atomic E-state index is 0.0323. The molecular weight excluding hydrogens is 409 g/mol. The first-order valence-corrected chi connectivity index (χ1v) is 10.8. The molecule has 1 aliphatic rings.